The molecule has 0 aliphatic heterocycles. The van der Waals surface area contributed by atoms with Crippen molar-refractivity contribution in [2.24, 2.45) is 5.73 Å². The molecule has 1 aromatic rings. The molecular formula is C10H15ClFN3O4S. The summed E-state index contributed by atoms with van der Waals surface area (Å²) < 4.78 is 39.9. The number of halogens is 2. The monoisotopic (exact) mass is 327 g/mol. The SMILES string of the molecule is CC(C)(CN)NS(=O)(=O)c1c(F)cccc1[N+](=O)[O-].Cl. The molecule has 0 fully saturated rings. The molecule has 1 aromatic carbocycles. The molecule has 0 radical (unpaired) electrons. The molecule has 0 spiro atoms. The smallest absolute Gasteiger partial charge is 0.292 e. The van der Waals surface area contributed by atoms with Crippen molar-refractivity contribution in [3.63, 3.8) is 0 Å². The molecule has 0 amide bonds. The predicted molar refractivity (Wildman–Crippen MR) is 73.8 cm³/mol. The van der Waals surface area contributed by atoms with E-state index in [4.69, 9.17) is 5.73 Å². The summed E-state index contributed by atoms with van der Waals surface area (Å²) in [6.07, 6.45) is 0. The second-order valence-electron chi connectivity index (χ2n) is 4.54. The number of sulfonamides is 1. The van der Waals surface area contributed by atoms with Crippen LogP contribution in [0.2, 0.25) is 0 Å². The molecule has 0 heterocycles. The standard InChI is InChI=1S/C10H14FN3O4S.ClH/c1-10(2,6-12)13-19(17,18)9-7(11)4-3-5-8(9)14(15)16;/h3-5,13H,6,12H2,1-2H3;1H. The van der Waals surface area contributed by atoms with Gasteiger partial charge in [0, 0.05) is 18.2 Å². The van der Waals surface area contributed by atoms with Crippen LogP contribution < -0.4 is 10.5 Å². The fourth-order valence-corrected chi connectivity index (χ4v) is 3.02. The minimum absolute atomic E-state index is 0. The third-order valence-electron chi connectivity index (χ3n) is 2.33. The molecule has 114 valence electrons. The van der Waals surface area contributed by atoms with Gasteiger partial charge in [0.05, 0.1) is 4.92 Å². The van der Waals surface area contributed by atoms with Gasteiger partial charge in [-0.05, 0) is 19.9 Å². The Kier molecular flexibility index (Phi) is 6.02. The maximum absolute atomic E-state index is 13.6. The van der Waals surface area contributed by atoms with E-state index in [2.05, 4.69) is 4.72 Å². The number of nitro benzene ring substituents is 1. The molecule has 0 atom stereocenters. The van der Waals surface area contributed by atoms with Gasteiger partial charge < -0.3 is 5.73 Å². The van der Waals surface area contributed by atoms with Gasteiger partial charge in [-0.15, -0.1) is 12.4 Å². The zero-order valence-corrected chi connectivity index (χ0v) is 12.4. The lowest BCUT2D eigenvalue weighted by Crippen LogP contribution is -2.48. The largest absolute Gasteiger partial charge is 0.329 e. The molecule has 0 aromatic heterocycles. The van der Waals surface area contributed by atoms with Crippen LogP contribution in [0.15, 0.2) is 23.1 Å². The van der Waals surface area contributed by atoms with E-state index in [-0.39, 0.29) is 19.0 Å². The normalized spacial score (nSPS) is 11.8. The fraction of sp³-hybridized carbons (Fsp3) is 0.400. The fourth-order valence-electron chi connectivity index (χ4n) is 1.36. The minimum atomic E-state index is -4.38. The molecule has 0 unspecified atom stereocenters. The average Bonchev–Trinajstić information content (AvgIpc) is 2.26. The summed E-state index contributed by atoms with van der Waals surface area (Å²) in [5.41, 5.74) is 3.51. The average molecular weight is 328 g/mol. The summed E-state index contributed by atoms with van der Waals surface area (Å²) in [5, 5.41) is 10.8. The third kappa shape index (κ3) is 4.10. The van der Waals surface area contributed by atoms with Crippen LogP contribution in [0.3, 0.4) is 0 Å². The van der Waals surface area contributed by atoms with Gasteiger partial charge >= 0.3 is 0 Å². The quantitative estimate of drug-likeness (QED) is 0.622. The summed E-state index contributed by atoms with van der Waals surface area (Å²) in [5.74, 6) is -1.19. The van der Waals surface area contributed by atoms with Crippen LogP contribution in [0.25, 0.3) is 0 Å². The van der Waals surface area contributed by atoms with Gasteiger partial charge in [-0.2, -0.15) is 0 Å². The van der Waals surface area contributed by atoms with Crippen molar-refractivity contribution in [2.45, 2.75) is 24.3 Å². The number of nitrogens with two attached hydrogens (primary N) is 1. The van der Waals surface area contributed by atoms with Crippen LogP contribution in [0.4, 0.5) is 10.1 Å². The van der Waals surface area contributed by atoms with Crippen molar-refractivity contribution >= 4 is 28.1 Å². The number of nitrogens with one attached hydrogen (secondary N) is 1. The molecule has 3 N–H and O–H groups in total. The minimum Gasteiger partial charge on any atom is -0.329 e. The summed E-state index contributed by atoms with van der Waals surface area (Å²) in [4.78, 5) is 8.84. The highest BCUT2D eigenvalue weighted by molar-refractivity contribution is 7.89. The molecule has 0 saturated heterocycles. The molecular weight excluding hydrogens is 313 g/mol. The first-order valence-corrected chi connectivity index (χ1v) is 6.76. The summed E-state index contributed by atoms with van der Waals surface area (Å²) >= 11 is 0. The molecule has 1 rings (SSSR count). The van der Waals surface area contributed by atoms with Crippen LogP contribution in [-0.4, -0.2) is 25.4 Å². The Labute approximate surface area is 122 Å². The second kappa shape index (κ2) is 6.44. The van der Waals surface area contributed by atoms with Gasteiger partial charge in [-0.3, -0.25) is 10.1 Å². The third-order valence-corrected chi connectivity index (χ3v) is 4.10. The summed E-state index contributed by atoms with van der Waals surface area (Å²) in [6.45, 7) is 2.92. The van der Waals surface area contributed by atoms with E-state index in [1.807, 2.05) is 0 Å². The van der Waals surface area contributed by atoms with E-state index in [1.165, 1.54) is 13.8 Å². The zero-order valence-electron chi connectivity index (χ0n) is 10.8. The van der Waals surface area contributed by atoms with Gasteiger partial charge in [-0.1, -0.05) is 6.07 Å². The maximum atomic E-state index is 13.6. The second-order valence-corrected chi connectivity index (χ2v) is 6.16. The van der Waals surface area contributed by atoms with E-state index in [0.29, 0.717) is 0 Å². The number of hydrogen-bond acceptors (Lipinski definition) is 5. The number of nitro groups is 1. The highest BCUT2D eigenvalue weighted by Gasteiger charge is 2.33. The van der Waals surface area contributed by atoms with Crippen molar-refractivity contribution in [3.8, 4) is 0 Å². The first-order valence-electron chi connectivity index (χ1n) is 5.28. The van der Waals surface area contributed by atoms with E-state index in [9.17, 15) is 22.9 Å². The molecule has 10 heteroatoms. The van der Waals surface area contributed by atoms with Crippen molar-refractivity contribution in [2.75, 3.05) is 6.54 Å². The highest BCUT2D eigenvalue weighted by Crippen LogP contribution is 2.27. The van der Waals surface area contributed by atoms with Gasteiger partial charge in [0.2, 0.25) is 0 Å². The van der Waals surface area contributed by atoms with E-state index in [0.717, 1.165) is 18.2 Å². The van der Waals surface area contributed by atoms with Crippen LogP contribution in [-0.2, 0) is 10.0 Å². The number of hydrogen-bond donors (Lipinski definition) is 2. The van der Waals surface area contributed by atoms with Crippen molar-refractivity contribution in [3.05, 3.63) is 34.1 Å². The van der Waals surface area contributed by atoms with E-state index in [1.54, 1.807) is 0 Å². The number of rotatable bonds is 5. The van der Waals surface area contributed by atoms with Gasteiger partial charge in [-0.25, -0.2) is 17.5 Å². The highest BCUT2D eigenvalue weighted by atomic mass is 35.5. The molecule has 0 aliphatic carbocycles. The first kappa shape index (κ1) is 18.7. The first-order chi connectivity index (χ1) is 8.60. The Hall–Kier alpha value is -1.29. The van der Waals surface area contributed by atoms with E-state index < -0.39 is 36.9 Å². The Bertz CT molecular complexity index is 607. The Morgan fingerprint density at radius 1 is 1.45 bits per heavy atom. The van der Waals surface area contributed by atoms with Crippen LogP contribution in [0.5, 0.6) is 0 Å². The number of benzene rings is 1. The van der Waals surface area contributed by atoms with E-state index >= 15 is 0 Å². The molecule has 7 nitrogen and oxygen atoms in total. The Morgan fingerprint density at radius 2 is 2.00 bits per heavy atom. The molecule has 20 heavy (non-hydrogen) atoms. The molecule has 0 aliphatic rings. The van der Waals surface area contributed by atoms with Crippen LogP contribution in [0.1, 0.15) is 13.8 Å². The topological polar surface area (TPSA) is 115 Å². The van der Waals surface area contributed by atoms with Gasteiger partial charge in [0.25, 0.3) is 15.7 Å². The van der Waals surface area contributed by atoms with Crippen molar-refractivity contribution < 1.29 is 17.7 Å². The maximum Gasteiger partial charge on any atom is 0.292 e. The zero-order chi connectivity index (χ0) is 14.8. The number of nitrogens with zero attached hydrogens (tertiary/aromatic N) is 1. The molecule has 0 saturated carbocycles. The summed E-state index contributed by atoms with van der Waals surface area (Å²) in [6, 6.07) is 2.84. The van der Waals surface area contributed by atoms with Crippen molar-refractivity contribution in [1.82, 2.24) is 4.72 Å². The molecule has 0 bridgehead atoms. The van der Waals surface area contributed by atoms with Gasteiger partial charge in [0.15, 0.2) is 4.90 Å². The summed E-state index contributed by atoms with van der Waals surface area (Å²) in [7, 11) is -4.38. The Morgan fingerprint density at radius 3 is 2.45 bits per heavy atom. The van der Waals surface area contributed by atoms with Crippen LogP contribution >= 0.6 is 12.4 Å². The Balaban J connectivity index is 0.00000361. The predicted octanol–water partition coefficient (Wildman–Crippen LogP) is 1.17. The lowest BCUT2D eigenvalue weighted by molar-refractivity contribution is -0.388. The lowest BCUT2D eigenvalue weighted by atomic mass is 10.1. The van der Waals surface area contributed by atoms with Gasteiger partial charge in [0.1, 0.15) is 5.82 Å². The van der Waals surface area contributed by atoms with Crippen molar-refractivity contribution in [1.29, 1.82) is 0 Å². The lowest BCUT2D eigenvalue weighted by Gasteiger charge is -2.23. The van der Waals surface area contributed by atoms with Crippen LogP contribution in [0, 0.1) is 15.9 Å².